The molecule has 0 atom stereocenters. The van der Waals surface area contributed by atoms with Gasteiger partial charge in [-0.3, -0.25) is 4.79 Å². The number of hydrogen-bond acceptors (Lipinski definition) is 5. The van der Waals surface area contributed by atoms with E-state index >= 15 is 0 Å². The van der Waals surface area contributed by atoms with E-state index in [1.165, 1.54) is 38.5 Å². The van der Waals surface area contributed by atoms with Crippen molar-refractivity contribution in [1.82, 2.24) is 0 Å². The van der Waals surface area contributed by atoms with Crippen LogP contribution in [0.4, 0.5) is 0 Å². The summed E-state index contributed by atoms with van der Waals surface area (Å²) in [5.41, 5.74) is 0.0711. The van der Waals surface area contributed by atoms with Gasteiger partial charge in [0.05, 0.1) is 18.1 Å². The number of carbonyl (C=O) groups excluding carboxylic acids is 2. The number of ether oxygens (including phenoxy) is 2. The Labute approximate surface area is 163 Å². The zero-order valence-corrected chi connectivity index (χ0v) is 16.8. The maximum atomic E-state index is 12.5. The van der Waals surface area contributed by atoms with Crippen molar-refractivity contribution in [3.05, 3.63) is 12.2 Å². The average Bonchev–Trinajstić information content (AvgIpc) is 2.69. The van der Waals surface area contributed by atoms with Crippen LogP contribution in [-0.2, 0) is 19.1 Å². The van der Waals surface area contributed by atoms with Crippen molar-refractivity contribution >= 4 is 11.9 Å². The van der Waals surface area contributed by atoms with Gasteiger partial charge in [-0.2, -0.15) is 0 Å². The molecule has 2 rings (SSSR count). The molecule has 0 aromatic heterocycles. The molecule has 0 radical (unpaired) electrons. The first-order chi connectivity index (χ1) is 13.0. The minimum Gasteiger partial charge on any atom is -0.462 e. The van der Waals surface area contributed by atoms with Crippen LogP contribution in [0.5, 0.6) is 0 Å². The molecule has 2 aliphatic rings. The Bertz CT molecular complexity index is 485. The Kier molecular flexibility index (Phi) is 9.32. The van der Waals surface area contributed by atoms with Crippen molar-refractivity contribution in [1.29, 1.82) is 0 Å². The summed E-state index contributed by atoms with van der Waals surface area (Å²) in [6, 6.07) is 0. The van der Waals surface area contributed by atoms with E-state index in [0.717, 1.165) is 18.8 Å². The minimum atomic E-state index is -0.542. The van der Waals surface area contributed by atoms with E-state index in [1.807, 2.05) is 0 Å². The van der Waals surface area contributed by atoms with E-state index < -0.39 is 5.97 Å². The first kappa shape index (κ1) is 21.9. The minimum absolute atomic E-state index is 0.0711. The highest BCUT2D eigenvalue weighted by Crippen LogP contribution is 2.32. The molecule has 0 aromatic carbocycles. The molecule has 27 heavy (non-hydrogen) atoms. The zero-order chi connectivity index (χ0) is 19.6. The quantitative estimate of drug-likeness (QED) is 0.366. The van der Waals surface area contributed by atoms with Crippen LogP contribution in [0, 0.1) is 11.8 Å². The van der Waals surface area contributed by atoms with Gasteiger partial charge in [-0.05, 0) is 57.3 Å². The van der Waals surface area contributed by atoms with Crippen molar-refractivity contribution < 1.29 is 24.2 Å². The highest BCUT2D eigenvalue weighted by atomic mass is 16.5. The molecule has 0 saturated heterocycles. The summed E-state index contributed by atoms with van der Waals surface area (Å²) in [6.45, 7) is 5.32. The molecule has 5 nitrogen and oxygen atoms in total. The van der Waals surface area contributed by atoms with Gasteiger partial charge < -0.3 is 14.6 Å². The highest BCUT2D eigenvalue weighted by molar-refractivity contribution is 5.88. The van der Waals surface area contributed by atoms with Crippen LogP contribution >= 0.6 is 0 Å². The maximum absolute atomic E-state index is 12.5. The first-order valence-corrected chi connectivity index (χ1v) is 10.7. The van der Waals surface area contributed by atoms with Gasteiger partial charge in [0.1, 0.15) is 12.2 Å². The molecular weight excluding hydrogens is 344 g/mol. The van der Waals surface area contributed by atoms with Crippen molar-refractivity contribution in [2.24, 2.45) is 11.8 Å². The third kappa shape index (κ3) is 7.28. The van der Waals surface area contributed by atoms with Crippen molar-refractivity contribution in [2.75, 3.05) is 6.61 Å². The molecule has 1 N–H and O–H groups in total. The molecule has 0 heterocycles. The molecule has 0 spiro atoms. The lowest BCUT2D eigenvalue weighted by Gasteiger charge is -2.31. The van der Waals surface area contributed by atoms with E-state index in [9.17, 15) is 9.59 Å². The lowest BCUT2D eigenvalue weighted by Crippen LogP contribution is -2.32. The summed E-state index contributed by atoms with van der Waals surface area (Å²) in [6.07, 6.45) is 12.2. The van der Waals surface area contributed by atoms with Crippen LogP contribution in [0.2, 0.25) is 0 Å². The van der Waals surface area contributed by atoms with Crippen LogP contribution in [-0.4, -0.2) is 35.9 Å². The van der Waals surface area contributed by atoms with Crippen LogP contribution in [0.25, 0.3) is 0 Å². The smallest absolute Gasteiger partial charge is 0.336 e. The number of esters is 2. The normalized spacial score (nSPS) is 28.4. The Hall–Kier alpha value is -1.36. The van der Waals surface area contributed by atoms with E-state index in [-0.39, 0.29) is 36.3 Å². The molecule has 2 aliphatic carbocycles. The van der Waals surface area contributed by atoms with Crippen molar-refractivity contribution in [3.8, 4) is 0 Å². The SMILES string of the molecule is C=C(CO)C(=O)OC1CCC(C(=O)OC2CCC(CCCCC)CC2)CC1. The fraction of sp³-hybridized carbons (Fsp3) is 0.818. The molecule has 5 heteroatoms. The lowest BCUT2D eigenvalue weighted by atomic mass is 9.83. The zero-order valence-electron chi connectivity index (χ0n) is 16.8. The van der Waals surface area contributed by atoms with Crippen LogP contribution in [0.15, 0.2) is 12.2 Å². The summed E-state index contributed by atoms with van der Waals surface area (Å²) in [5, 5.41) is 8.91. The van der Waals surface area contributed by atoms with Gasteiger partial charge >= 0.3 is 11.9 Å². The van der Waals surface area contributed by atoms with Gasteiger partial charge in [0.25, 0.3) is 0 Å². The third-order valence-corrected chi connectivity index (χ3v) is 6.05. The molecule has 0 bridgehead atoms. The predicted molar refractivity (Wildman–Crippen MR) is 104 cm³/mol. The van der Waals surface area contributed by atoms with E-state index in [1.54, 1.807) is 0 Å². The van der Waals surface area contributed by atoms with Gasteiger partial charge in [-0.25, -0.2) is 4.79 Å². The standard InChI is InChI=1S/C22H36O5/c1-3-4-5-6-17-7-11-19(12-8-17)27-22(25)18-9-13-20(14-10-18)26-21(24)16(2)15-23/h17-20,23H,2-15H2,1H3. The molecule has 0 amide bonds. The third-order valence-electron chi connectivity index (χ3n) is 6.05. The number of rotatable bonds is 9. The second kappa shape index (κ2) is 11.5. The van der Waals surface area contributed by atoms with E-state index in [4.69, 9.17) is 14.6 Å². The van der Waals surface area contributed by atoms with E-state index in [2.05, 4.69) is 13.5 Å². The molecule has 154 valence electrons. The number of carbonyl (C=O) groups is 2. The molecule has 2 saturated carbocycles. The summed E-state index contributed by atoms with van der Waals surface area (Å²) < 4.78 is 11.1. The molecular formula is C22H36O5. The van der Waals surface area contributed by atoms with Crippen LogP contribution < -0.4 is 0 Å². The van der Waals surface area contributed by atoms with E-state index in [0.29, 0.717) is 25.7 Å². The Morgan fingerprint density at radius 2 is 1.52 bits per heavy atom. The summed E-state index contributed by atoms with van der Waals surface area (Å²) in [5.74, 6) is 0.113. The second-order valence-corrected chi connectivity index (χ2v) is 8.22. The second-order valence-electron chi connectivity index (χ2n) is 8.22. The van der Waals surface area contributed by atoms with Crippen LogP contribution in [0.1, 0.15) is 84.0 Å². The topological polar surface area (TPSA) is 72.8 Å². The number of hydrogen-bond donors (Lipinski definition) is 1. The number of unbranched alkanes of at least 4 members (excludes halogenated alkanes) is 2. The number of aliphatic hydroxyl groups excluding tert-OH is 1. The molecule has 2 fully saturated rings. The Morgan fingerprint density at radius 3 is 2.11 bits per heavy atom. The maximum Gasteiger partial charge on any atom is 0.336 e. The van der Waals surface area contributed by atoms with Gasteiger partial charge in [0.15, 0.2) is 0 Å². The highest BCUT2D eigenvalue weighted by Gasteiger charge is 2.32. The lowest BCUT2D eigenvalue weighted by molar-refractivity contribution is -0.159. The summed E-state index contributed by atoms with van der Waals surface area (Å²) >= 11 is 0. The fourth-order valence-corrected chi connectivity index (χ4v) is 4.20. The molecule has 0 aliphatic heterocycles. The van der Waals surface area contributed by atoms with Crippen LogP contribution in [0.3, 0.4) is 0 Å². The van der Waals surface area contributed by atoms with Gasteiger partial charge in [0, 0.05) is 0 Å². The monoisotopic (exact) mass is 380 g/mol. The molecule has 0 unspecified atom stereocenters. The fourth-order valence-electron chi connectivity index (χ4n) is 4.20. The average molecular weight is 381 g/mol. The van der Waals surface area contributed by atoms with Gasteiger partial charge in [-0.1, -0.05) is 39.2 Å². The Morgan fingerprint density at radius 1 is 0.926 bits per heavy atom. The van der Waals surface area contributed by atoms with Gasteiger partial charge in [-0.15, -0.1) is 0 Å². The largest absolute Gasteiger partial charge is 0.462 e. The first-order valence-electron chi connectivity index (χ1n) is 10.7. The molecule has 0 aromatic rings. The summed E-state index contributed by atoms with van der Waals surface area (Å²) in [4.78, 5) is 24.1. The summed E-state index contributed by atoms with van der Waals surface area (Å²) in [7, 11) is 0. The predicted octanol–water partition coefficient (Wildman–Crippen LogP) is 4.32. The Balaban J connectivity index is 1.64. The van der Waals surface area contributed by atoms with Crippen molar-refractivity contribution in [2.45, 2.75) is 96.2 Å². The van der Waals surface area contributed by atoms with Crippen molar-refractivity contribution in [3.63, 3.8) is 0 Å². The van der Waals surface area contributed by atoms with Gasteiger partial charge in [0.2, 0.25) is 0 Å². The number of aliphatic hydroxyl groups is 1.